The summed E-state index contributed by atoms with van der Waals surface area (Å²) in [6.07, 6.45) is 0.298. The maximum absolute atomic E-state index is 13.0. The van der Waals surface area contributed by atoms with Crippen molar-refractivity contribution in [3.05, 3.63) is 46.8 Å². The lowest BCUT2D eigenvalue weighted by Gasteiger charge is -2.40. The minimum atomic E-state index is -0.450. The van der Waals surface area contributed by atoms with Crippen LogP contribution in [-0.2, 0) is 19.1 Å². The number of ether oxygens (including phenoxy) is 8. The molecule has 1 aliphatic carbocycles. The van der Waals surface area contributed by atoms with E-state index in [2.05, 4.69) is 0 Å². The van der Waals surface area contributed by atoms with Crippen molar-refractivity contribution in [1.82, 2.24) is 0 Å². The molecule has 12 heteroatoms. The average Bonchev–Trinajstić information content (AvgIpc) is 2.99. The largest absolute Gasteiger partial charge is 0.493 e. The predicted octanol–water partition coefficient (Wildman–Crippen LogP) is 3.38. The molecule has 0 atom stereocenters. The first-order valence-corrected chi connectivity index (χ1v) is 12.3. The van der Waals surface area contributed by atoms with E-state index in [4.69, 9.17) is 37.9 Å². The second-order valence-corrected chi connectivity index (χ2v) is 8.95. The van der Waals surface area contributed by atoms with Gasteiger partial charge in [0.05, 0.1) is 65.2 Å². The molecule has 0 unspecified atom stereocenters. The number of rotatable bonds is 8. The SMILES string of the molecule is COc1cc(N2COC(=O)C3=C2CC2=C(C3)N(c3cc(OC)c(OC)c(OC)c3)COC2=O)cc(OC)c1OC. The summed E-state index contributed by atoms with van der Waals surface area (Å²) in [7, 11) is 9.13. The minimum Gasteiger partial charge on any atom is -0.493 e. The van der Waals surface area contributed by atoms with Crippen LogP contribution in [0, 0.1) is 0 Å². The van der Waals surface area contributed by atoms with E-state index in [9.17, 15) is 9.59 Å². The average molecular weight is 555 g/mol. The van der Waals surface area contributed by atoms with Crippen LogP contribution < -0.4 is 38.2 Å². The van der Waals surface area contributed by atoms with Crippen LogP contribution in [0.3, 0.4) is 0 Å². The first-order valence-electron chi connectivity index (χ1n) is 12.3. The molecule has 0 aromatic heterocycles. The first-order chi connectivity index (χ1) is 19.4. The van der Waals surface area contributed by atoms with Gasteiger partial charge in [-0.1, -0.05) is 0 Å². The van der Waals surface area contributed by atoms with Gasteiger partial charge in [-0.15, -0.1) is 0 Å². The summed E-state index contributed by atoms with van der Waals surface area (Å²) in [5, 5.41) is 0. The zero-order valence-electron chi connectivity index (χ0n) is 23.1. The molecule has 0 radical (unpaired) electrons. The molecule has 0 saturated heterocycles. The summed E-state index contributed by atoms with van der Waals surface area (Å²) in [6, 6.07) is 7.04. The van der Waals surface area contributed by atoms with Crippen molar-refractivity contribution in [2.24, 2.45) is 0 Å². The Bertz CT molecular complexity index is 1270. The van der Waals surface area contributed by atoms with Crippen molar-refractivity contribution < 1.29 is 47.5 Å². The van der Waals surface area contributed by atoms with Gasteiger partial charge in [-0.05, 0) is 0 Å². The third-order valence-corrected chi connectivity index (χ3v) is 7.10. The molecule has 212 valence electrons. The molecule has 2 heterocycles. The van der Waals surface area contributed by atoms with Gasteiger partial charge in [-0.3, -0.25) is 0 Å². The molecule has 40 heavy (non-hydrogen) atoms. The van der Waals surface area contributed by atoms with Crippen LogP contribution in [0.1, 0.15) is 12.8 Å². The van der Waals surface area contributed by atoms with E-state index in [0.717, 1.165) is 0 Å². The van der Waals surface area contributed by atoms with Crippen molar-refractivity contribution in [2.75, 3.05) is 65.9 Å². The molecular weight excluding hydrogens is 524 g/mol. The monoisotopic (exact) mass is 554 g/mol. The van der Waals surface area contributed by atoms with Crippen molar-refractivity contribution in [3.8, 4) is 34.5 Å². The van der Waals surface area contributed by atoms with E-state index < -0.39 is 11.9 Å². The molecule has 12 nitrogen and oxygen atoms in total. The number of nitrogens with zero attached hydrogens (tertiary/aromatic N) is 2. The van der Waals surface area contributed by atoms with E-state index in [0.29, 0.717) is 68.4 Å². The predicted molar refractivity (Wildman–Crippen MR) is 142 cm³/mol. The fraction of sp³-hybridized carbons (Fsp3) is 0.357. The number of cyclic esters (lactones) is 2. The molecule has 0 N–H and O–H groups in total. The van der Waals surface area contributed by atoms with Gasteiger partial charge < -0.3 is 47.7 Å². The number of hydrogen-bond donors (Lipinski definition) is 0. The molecule has 2 aromatic carbocycles. The summed E-state index contributed by atoms with van der Waals surface area (Å²) >= 11 is 0. The van der Waals surface area contributed by atoms with Crippen LogP contribution in [0.15, 0.2) is 46.8 Å². The number of allylic oxidation sites excluding steroid dienone is 2. The Morgan fingerprint density at radius 3 is 1.15 bits per heavy atom. The van der Waals surface area contributed by atoms with Crippen LogP contribution in [0.2, 0.25) is 0 Å². The second kappa shape index (κ2) is 10.8. The number of hydrogen-bond acceptors (Lipinski definition) is 12. The standard InChI is InChI=1S/C28H30N2O10/c1-33-21-7-15(8-22(34-2)25(21)37-5)29-13-39-27(31)17-12-20-18(11-19(17)29)28(32)40-14-30(20)16-9-23(35-3)26(38-6)24(10-16)36-4/h7-10H,11-14H2,1-6H3. The van der Waals surface area contributed by atoms with Crippen LogP contribution in [0.25, 0.3) is 0 Å². The lowest BCUT2D eigenvalue weighted by Crippen LogP contribution is -2.42. The maximum Gasteiger partial charge on any atom is 0.337 e. The molecule has 2 aromatic rings. The van der Waals surface area contributed by atoms with E-state index in [-0.39, 0.29) is 26.3 Å². The third kappa shape index (κ3) is 4.34. The first kappa shape index (κ1) is 26.9. The zero-order valence-corrected chi connectivity index (χ0v) is 23.1. The second-order valence-electron chi connectivity index (χ2n) is 8.95. The number of esters is 2. The fourth-order valence-electron chi connectivity index (χ4n) is 5.13. The van der Waals surface area contributed by atoms with Gasteiger partial charge in [-0.25, -0.2) is 9.59 Å². The number of methoxy groups -OCH3 is 6. The summed E-state index contributed by atoms with van der Waals surface area (Å²) in [6.45, 7) is -0.102. The topological polar surface area (TPSA) is 114 Å². The quantitative estimate of drug-likeness (QED) is 0.446. The highest BCUT2D eigenvalue weighted by Gasteiger charge is 2.40. The van der Waals surface area contributed by atoms with Crippen LogP contribution in [-0.4, -0.2) is 68.1 Å². The highest BCUT2D eigenvalue weighted by molar-refractivity contribution is 5.98. The highest BCUT2D eigenvalue weighted by Crippen LogP contribution is 2.47. The third-order valence-electron chi connectivity index (χ3n) is 7.10. The molecule has 0 spiro atoms. The highest BCUT2D eigenvalue weighted by atomic mass is 16.6. The molecule has 3 aliphatic rings. The van der Waals surface area contributed by atoms with Gasteiger partial charge in [0.15, 0.2) is 36.5 Å². The van der Waals surface area contributed by atoms with Crippen molar-refractivity contribution in [2.45, 2.75) is 12.8 Å². The molecule has 2 aliphatic heterocycles. The number of carbonyl (C=O) groups excluding carboxylic acids is 2. The summed E-state index contributed by atoms with van der Waals surface area (Å²) < 4.78 is 44.1. The molecule has 5 rings (SSSR count). The Kier molecular flexibility index (Phi) is 7.24. The van der Waals surface area contributed by atoms with Crippen LogP contribution >= 0.6 is 0 Å². The van der Waals surface area contributed by atoms with Crippen molar-refractivity contribution >= 4 is 23.3 Å². The van der Waals surface area contributed by atoms with Gasteiger partial charge in [-0.2, -0.15) is 0 Å². The molecular formula is C28H30N2O10. The molecule has 0 saturated carbocycles. The van der Waals surface area contributed by atoms with Gasteiger partial charge in [0, 0.05) is 48.5 Å². The Balaban J connectivity index is 1.57. The summed E-state index contributed by atoms with van der Waals surface area (Å²) in [4.78, 5) is 29.7. The van der Waals surface area contributed by atoms with Gasteiger partial charge in [0.1, 0.15) is 0 Å². The summed E-state index contributed by atoms with van der Waals surface area (Å²) in [5.41, 5.74) is 3.42. The number of carbonyl (C=O) groups is 2. The Morgan fingerprint density at radius 2 is 0.875 bits per heavy atom. The zero-order chi connectivity index (χ0) is 28.6. The normalized spacial score (nSPS) is 16.6. The lowest BCUT2D eigenvalue weighted by molar-refractivity contribution is -0.142. The Hall–Kier alpha value is -4.74. The molecule has 0 fully saturated rings. The molecule has 0 amide bonds. The fourth-order valence-corrected chi connectivity index (χ4v) is 5.13. The lowest BCUT2D eigenvalue weighted by atomic mass is 9.89. The minimum absolute atomic E-state index is 0.0510. The van der Waals surface area contributed by atoms with Gasteiger partial charge >= 0.3 is 11.9 Å². The maximum atomic E-state index is 13.0. The van der Waals surface area contributed by atoms with Crippen molar-refractivity contribution in [3.63, 3.8) is 0 Å². The van der Waals surface area contributed by atoms with Gasteiger partial charge in [0.25, 0.3) is 0 Å². The van der Waals surface area contributed by atoms with E-state index in [1.165, 1.54) is 42.7 Å². The van der Waals surface area contributed by atoms with Crippen LogP contribution in [0.4, 0.5) is 11.4 Å². The Morgan fingerprint density at radius 1 is 0.550 bits per heavy atom. The van der Waals surface area contributed by atoms with Crippen LogP contribution in [0.5, 0.6) is 34.5 Å². The van der Waals surface area contributed by atoms with E-state index in [1.54, 1.807) is 24.3 Å². The smallest absolute Gasteiger partial charge is 0.337 e. The van der Waals surface area contributed by atoms with Crippen molar-refractivity contribution in [1.29, 1.82) is 0 Å². The van der Waals surface area contributed by atoms with E-state index in [1.807, 2.05) is 9.80 Å². The number of benzene rings is 2. The van der Waals surface area contributed by atoms with Gasteiger partial charge in [0.2, 0.25) is 11.5 Å². The summed E-state index contributed by atoms with van der Waals surface area (Å²) in [5.74, 6) is 1.73. The molecule has 0 bridgehead atoms. The Labute approximate surface area is 231 Å². The number of anilines is 2. The van der Waals surface area contributed by atoms with E-state index >= 15 is 0 Å².